The number of aromatic nitrogens is 2. The number of hydrogen-bond donors (Lipinski definition) is 2. The Labute approximate surface area is 120 Å². The highest BCUT2D eigenvalue weighted by molar-refractivity contribution is 9.11. The first-order valence-electron chi connectivity index (χ1n) is 5.04. The van der Waals surface area contributed by atoms with Gasteiger partial charge in [0.15, 0.2) is 5.82 Å². The van der Waals surface area contributed by atoms with Crippen LogP contribution >= 0.6 is 31.9 Å². The Kier molecular flexibility index (Phi) is 5.21. The second-order valence-electron chi connectivity index (χ2n) is 3.74. The van der Waals surface area contributed by atoms with Crippen LogP contribution in [0.4, 0.5) is 5.82 Å². The van der Waals surface area contributed by atoms with Crippen LogP contribution in [-0.2, 0) is 9.59 Å². The Balaban J connectivity index is 2.78. The van der Waals surface area contributed by atoms with E-state index in [1.54, 1.807) is 6.92 Å². The number of hydrogen-bond acceptors (Lipinski definition) is 4. The summed E-state index contributed by atoms with van der Waals surface area (Å²) in [7, 11) is 0. The Morgan fingerprint density at radius 2 is 1.94 bits per heavy atom. The van der Waals surface area contributed by atoms with Crippen LogP contribution in [0.15, 0.2) is 15.4 Å². The van der Waals surface area contributed by atoms with Crippen molar-refractivity contribution in [3.05, 3.63) is 15.4 Å². The third-order valence-corrected chi connectivity index (χ3v) is 3.43. The number of rotatable bonds is 4. The fourth-order valence-corrected chi connectivity index (χ4v) is 2.01. The maximum atomic E-state index is 11.8. The fourth-order valence-electron chi connectivity index (χ4n) is 1.10. The van der Waals surface area contributed by atoms with Gasteiger partial charge in [-0.05, 0) is 31.9 Å². The van der Waals surface area contributed by atoms with Crippen molar-refractivity contribution >= 4 is 49.6 Å². The number of carbonyl (C=O) groups excluding carboxylic acids is 1. The number of carbonyl (C=O) groups is 2. The van der Waals surface area contributed by atoms with Crippen LogP contribution in [0.2, 0.25) is 0 Å². The van der Waals surface area contributed by atoms with Crippen LogP contribution in [0.1, 0.15) is 13.8 Å². The first-order valence-corrected chi connectivity index (χ1v) is 6.63. The molecule has 0 spiro atoms. The molecule has 98 valence electrons. The van der Waals surface area contributed by atoms with E-state index in [1.165, 1.54) is 13.1 Å². The van der Waals surface area contributed by atoms with E-state index in [0.717, 1.165) is 0 Å². The van der Waals surface area contributed by atoms with Gasteiger partial charge in [-0.25, -0.2) is 9.97 Å². The smallest absolute Gasteiger partial charge is 0.307 e. The summed E-state index contributed by atoms with van der Waals surface area (Å²) in [6.07, 6.45) is 1.44. The van der Waals surface area contributed by atoms with Gasteiger partial charge >= 0.3 is 5.97 Å². The van der Waals surface area contributed by atoms with Crippen LogP contribution < -0.4 is 5.32 Å². The molecule has 0 aromatic carbocycles. The maximum absolute atomic E-state index is 11.8. The molecule has 8 heteroatoms. The van der Waals surface area contributed by atoms with E-state index < -0.39 is 23.7 Å². The molecule has 1 heterocycles. The Morgan fingerprint density at radius 3 is 2.44 bits per heavy atom. The molecule has 0 bridgehead atoms. The van der Waals surface area contributed by atoms with Gasteiger partial charge < -0.3 is 10.4 Å². The zero-order chi connectivity index (χ0) is 13.9. The lowest BCUT2D eigenvalue weighted by Crippen LogP contribution is -2.30. The van der Waals surface area contributed by atoms with E-state index in [2.05, 4.69) is 47.1 Å². The second kappa shape index (κ2) is 6.24. The van der Waals surface area contributed by atoms with E-state index in [1.807, 2.05) is 0 Å². The summed E-state index contributed by atoms with van der Waals surface area (Å²) in [5, 5.41) is 11.4. The topological polar surface area (TPSA) is 92.2 Å². The number of halogens is 2. The van der Waals surface area contributed by atoms with E-state index >= 15 is 0 Å². The molecule has 0 radical (unpaired) electrons. The van der Waals surface area contributed by atoms with Gasteiger partial charge in [0.1, 0.15) is 9.21 Å². The SMILES string of the molecule is CC(C(=O)O)C(C)C(=O)Nc1ncc(Br)nc1Br. The van der Waals surface area contributed by atoms with Gasteiger partial charge in [0.2, 0.25) is 5.91 Å². The largest absolute Gasteiger partial charge is 0.481 e. The molecular weight excluding hydrogens is 370 g/mol. The molecule has 0 aliphatic heterocycles. The zero-order valence-corrected chi connectivity index (χ0v) is 12.8. The first-order chi connectivity index (χ1) is 8.32. The zero-order valence-electron chi connectivity index (χ0n) is 9.65. The predicted octanol–water partition coefficient (Wildman–Crippen LogP) is 2.30. The van der Waals surface area contributed by atoms with Crippen molar-refractivity contribution in [3.63, 3.8) is 0 Å². The highest BCUT2D eigenvalue weighted by atomic mass is 79.9. The van der Waals surface area contributed by atoms with E-state index in [-0.39, 0.29) is 5.82 Å². The van der Waals surface area contributed by atoms with Crippen LogP contribution in [-0.4, -0.2) is 27.0 Å². The van der Waals surface area contributed by atoms with Crippen molar-refractivity contribution in [1.29, 1.82) is 0 Å². The molecule has 0 saturated heterocycles. The number of amides is 1. The molecule has 0 saturated carbocycles. The Bertz CT molecular complexity index is 481. The number of nitrogens with one attached hydrogen (secondary N) is 1. The third-order valence-electron chi connectivity index (χ3n) is 2.50. The number of anilines is 1. The van der Waals surface area contributed by atoms with Gasteiger partial charge in [-0.15, -0.1) is 0 Å². The summed E-state index contributed by atoms with van der Waals surface area (Å²) < 4.78 is 0.903. The van der Waals surface area contributed by atoms with Gasteiger partial charge in [0.25, 0.3) is 0 Å². The molecule has 1 aromatic heterocycles. The lowest BCUT2D eigenvalue weighted by molar-refractivity contribution is -0.145. The highest BCUT2D eigenvalue weighted by Crippen LogP contribution is 2.21. The minimum atomic E-state index is -1.02. The fraction of sp³-hybridized carbons (Fsp3) is 0.400. The number of carboxylic acids is 1. The highest BCUT2D eigenvalue weighted by Gasteiger charge is 2.26. The van der Waals surface area contributed by atoms with Crippen LogP contribution in [0.25, 0.3) is 0 Å². The number of aliphatic carboxylic acids is 1. The van der Waals surface area contributed by atoms with Crippen molar-refractivity contribution in [3.8, 4) is 0 Å². The van der Waals surface area contributed by atoms with Crippen LogP contribution in [0, 0.1) is 11.8 Å². The van der Waals surface area contributed by atoms with Gasteiger partial charge in [-0.3, -0.25) is 9.59 Å². The molecule has 2 unspecified atom stereocenters. The molecule has 1 aromatic rings. The number of nitrogens with zero attached hydrogens (tertiary/aromatic N) is 2. The number of carboxylic acid groups (broad SMARTS) is 1. The minimum Gasteiger partial charge on any atom is -0.481 e. The van der Waals surface area contributed by atoms with Crippen molar-refractivity contribution in [1.82, 2.24) is 9.97 Å². The van der Waals surface area contributed by atoms with Gasteiger partial charge in [0.05, 0.1) is 12.1 Å². The Morgan fingerprint density at radius 1 is 1.33 bits per heavy atom. The van der Waals surface area contributed by atoms with E-state index in [9.17, 15) is 9.59 Å². The molecular formula is C10H11Br2N3O3. The van der Waals surface area contributed by atoms with Gasteiger partial charge in [-0.1, -0.05) is 13.8 Å². The predicted molar refractivity (Wildman–Crippen MR) is 72.0 cm³/mol. The molecule has 0 fully saturated rings. The Hall–Kier alpha value is -1.02. The van der Waals surface area contributed by atoms with Gasteiger partial charge in [0, 0.05) is 5.92 Å². The monoisotopic (exact) mass is 379 g/mol. The summed E-state index contributed by atoms with van der Waals surface area (Å²) in [4.78, 5) is 30.6. The molecule has 0 aliphatic carbocycles. The molecule has 18 heavy (non-hydrogen) atoms. The summed E-state index contributed by atoms with van der Waals surface area (Å²) in [5.74, 6) is -2.61. The van der Waals surface area contributed by atoms with Crippen molar-refractivity contribution in [2.75, 3.05) is 5.32 Å². The van der Waals surface area contributed by atoms with Crippen molar-refractivity contribution in [2.45, 2.75) is 13.8 Å². The van der Waals surface area contributed by atoms with Crippen molar-refractivity contribution < 1.29 is 14.7 Å². The van der Waals surface area contributed by atoms with Crippen LogP contribution in [0.3, 0.4) is 0 Å². The standard InChI is InChI=1S/C10H11Br2N3O3/c1-4(5(2)10(17)18)9(16)15-8-7(12)14-6(11)3-13-8/h3-5H,1-2H3,(H,17,18)(H,13,15,16). The molecule has 1 amide bonds. The third kappa shape index (κ3) is 3.74. The molecule has 2 atom stereocenters. The molecule has 2 N–H and O–H groups in total. The molecule has 0 aliphatic rings. The molecule has 6 nitrogen and oxygen atoms in total. The van der Waals surface area contributed by atoms with Crippen LogP contribution in [0.5, 0.6) is 0 Å². The maximum Gasteiger partial charge on any atom is 0.307 e. The summed E-state index contributed by atoms with van der Waals surface area (Å²) in [6.45, 7) is 3.03. The summed E-state index contributed by atoms with van der Waals surface area (Å²) >= 11 is 6.30. The first kappa shape index (κ1) is 15.0. The quantitative estimate of drug-likeness (QED) is 0.835. The van der Waals surface area contributed by atoms with E-state index in [0.29, 0.717) is 9.21 Å². The van der Waals surface area contributed by atoms with Crippen molar-refractivity contribution in [2.24, 2.45) is 11.8 Å². The van der Waals surface area contributed by atoms with Gasteiger partial charge in [-0.2, -0.15) is 0 Å². The summed E-state index contributed by atoms with van der Waals surface area (Å²) in [6, 6.07) is 0. The second-order valence-corrected chi connectivity index (χ2v) is 5.30. The molecule has 1 rings (SSSR count). The summed E-state index contributed by atoms with van der Waals surface area (Å²) in [5.41, 5.74) is 0. The van der Waals surface area contributed by atoms with E-state index in [4.69, 9.17) is 5.11 Å². The average Bonchev–Trinajstić information content (AvgIpc) is 2.30. The average molecular weight is 381 g/mol. The normalized spacial score (nSPS) is 13.8. The minimum absolute atomic E-state index is 0.257. The lowest BCUT2D eigenvalue weighted by Gasteiger charge is -2.15. The lowest BCUT2D eigenvalue weighted by atomic mass is 9.95.